The van der Waals surface area contributed by atoms with Gasteiger partial charge in [-0.3, -0.25) is 13.7 Å². The lowest BCUT2D eigenvalue weighted by Crippen LogP contribution is -2.37. The standard InChI is InChI=1S/C13H20N5O6P/c1-21-4-7-9(24-25(3,19)20)10(22-2)13(23-7)18-6-17-8-11(14)15-5-16-12(8)18/h5-7,9-10,13H,4H2,1-3H3,(H,19,20)(H2,14,15,16)/t7-,9?,10+,13-/m1/s1. The summed E-state index contributed by atoms with van der Waals surface area (Å²) in [6.07, 6.45) is 0.0178. The number of imidazole rings is 1. The van der Waals surface area contributed by atoms with Gasteiger partial charge in [0.05, 0.1) is 12.9 Å². The third-order valence-corrected chi connectivity index (χ3v) is 4.50. The van der Waals surface area contributed by atoms with Gasteiger partial charge in [-0.25, -0.2) is 15.0 Å². The molecule has 12 heteroatoms. The normalized spacial score (nSPS) is 29.1. The van der Waals surface area contributed by atoms with Gasteiger partial charge in [0.1, 0.15) is 30.2 Å². The van der Waals surface area contributed by atoms with Crippen LogP contribution in [0.25, 0.3) is 11.2 Å². The number of ether oxygens (including phenoxy) is 3. The molecule has 1 saturated heterocycles. The maximum atomic E-state index is 11.8. The van der Waals surface area contributed by atoms with E-state index in [2.05, 4.69) is 15.0 Å². The third kappa shape index (κ3) is 3.52. The van der Waals surface area contributed by atoms with Gasteiger partial charge in [0.2, 0.25) is 0 Å². The Hall–Kier alpha value is -1.62. The van der Waals surface area contributed by atoms with Crippen LogP contribution < -0.4 is 5.73 Å². The molecule has 3 rings (SSSR count). The van der Waals surface area contributed by atoms with Crippen LogP contribution in [0.4, 0.5) is 5.82 Å². The molecule has 5 atom stereocenters. The molecule has 1 aliphatic rings. The number of nitrogen functional groups attached to an aromatic ring is 1. The van der Waals surface area contributed by atoms with Crippen molar-refractivity contribution < 1.29 is 28.2 Å². The van der Waals surface area contributed by atoms with Crippen LogP contribution in [-0.4, -0.2) is 70.2 Å². The molecule has 138 valence electrons. The SMILES string of the molecule is COC[C@H]1O[C@@H](n2cnc3c(N)ncnc32)[C@@H](OC)C1OP(C)(=O)O. The van der Waals surface area contributed by atoms with E-state index in [1.165, 1.54) is 26.9 Å². The second kappa shape index (κ2) is 6.94. The molecule has 0 aromatic carbocycles. The fourth-order valence-electron chi connectivity index (χ4n) is 2.89. The van der Waals surface area contributed by atoms with E-state index in [4.69, 9.17) is 24.5 Å². The van der Waals surface area contributed by atoms with Crippen molar-refractivity contribution in [1.82, 2.24) is 19.5 Å². The summed E-state index contributed by atoms with van der Waals surface area (Å²) >= 11 is 0. The number of hydrogen-bond acceptors (Lipinski definition) is 9. The highest BCUT2D eigenvalue weighted by Crippen LogP contribution is 2.45. The summed E-state index contributed by atoms with van der Waals surface area (Å²) in [4.78, 5) is 21.9. The summed E-state index contributed by atoms with van der Waals surface area (Å²) in [5, 5.41) is 0. The summed E-state index contributed by atoms with van der Waals surface area (Å²) in [6.45, 7) is 1.27. The Morgan fingerprint density at radius 3 is 2.76 bits per heavy atom. The van der Waals surface area contributed by atoms with Crippen LogP contribution in [0.2, 0.25) is 0 Å². The molecule has 0 amide bonds. The van der Waals surface area contributed by atoms with E-state index in [0.717, 1.165) is 6.66 Å². The molecule has 2 aromatic heterocycles. The molecule has 3 N–H and O–H groups in total. The Morgan fingerprint density at radius 2 is 2.12 bits per heavy atom. The number of nitrogens with zero attached hydrogens (tertiary/aromatic N) is 4. The number of rotatable bonds is 6. The van der Waals surface area contributed by atoms with Crippen molar-refractivity contribution in [1.29, 1.82) is 0 Å². The molecule has 1 aliphatic heterocycles. The minimum atomic E-state index is -3.77. The van der Waals surface area contributed by atoms with Crippen LogP contribution in [0.5, 0.6) is 0 Å². The van der Waals surface area contributed by atoms with E-state index in [0.29, 0.717) is 11.2 Å². The minimum absolute atomic E-state index is 0.158. The van der Waals surface area contributed by atoms with Crippen molar-refractivity contribution in [2.75, 3.05) is 33.2 Å². The summed E-state index contributed by atoms with van der Waals surface area (Å²) in [7, 11) is -0.806. The van der Waals surface area contributed by atoms with Crippen LogP contribution in [0.3, 0.4) is 0 Å². The molecule has 3 heterocycles. The number of aromatic nitrogens is 4. The van der Waals surface area contributed by atoms with Crippen molar-refractivity contribution in [3.8, 4) is 0 Å². The van der Waals surface area contributed by atoms with Gasteiger partial charge in [0.15, 0.2) is 17.7 Å². The molecule has 2 unspecified atom stereocenters. The first-order chi connectivity index (χ1) is 11.9. The van der Waals surface area contributed by atoms with Crippen molar-refractivity contribution in [3.63, 3.8) is 0 Å². The number of anilines is 1. The zero-order chi connectivity index (χ0) is 18.2. The van der Waals surface area contributed by atoms with Crippen LogP contribution in [0.1, 0.15) is 6.23 Å². The van der Waals surface area contributed by atoms with Crippen LogP contribution >= 0.6 is 7.60 Å². The molecule has 25 heavy (non-hydrogen) atoms. The Balaban J connectivity index is 2.00. The van der Waals surface area contributed by atoms with Gasteiger partial charge in [-0.2, -0.15) is 0 Å². The largest absolute Gasteiger partial charge is 0.382 e. The predicted octanol–water partition coefficient (Wildman–Crippen LogP) is 0.168. The van der Waals surface area contributed by atoms with Gasteiger partial charge in [-0.15, -0.1) is 0 Å². The van der Waals surface area contributed by atoms with Gasteiger partial charge >= 0.3 is 7.60 Å². The summed E-state index contributed by atoms with van der Waals surface area (Å²) < 4.78 is 35.3. The molecule has 2 aromatic rings. The first-order valence-corrected chi connectivity index (χ1v) is 9.47. The van der Waals surface area contributed by atoms with Crippen LogP contribution in [0, 0.1) is 0 Å². The first kappa shape index (κ1) is 18.2. The molecular weight excluding hydrogens is 353 g/mol. The van der Waals surface area contributed by atoms with E-state index in [1.54, 1.807) is 4.57 Å². The number of nitrogens with two attached hydrogens (primary N) is 1. The highest BCUT2D eigenvalue weighted by Gasteiger charge is 2.49. The number of methoxy groups -OCH3 is 2. The average Bonchev–Trinajstić information content (AvgIpc) is 3.09. The van der Waals surface area contributed by atoms with Crippen molar-refractivity contribution in [2.45, 2.75) is 24.5 Å². The van der Waals surface area contributed by atoms with Crippen molar-refractivity contribution in [2.24, 2.45) is 0 Å². The molecule has 0 aliphatic carbocycles. The van der Waals surface area contributed by atoms with Gasteiger partial charge in [-0.1, -0.05) is 0 Å². The minimum Gasteiger partial charge on any atom is -0.382 e. The molecule has 0 bridgehead atoms. The Bertz CT molecular complexity index is 794. The fraction of sp³-hybridized carbons (Fsp3) is 0.615. The Kier molecular flexibility index (Phi) is 5.05. The van der Waals surface area contributed by atoms with Gasteiger partial charge in [0, 0.05) is 20.9 Å². The summed E-state index contributed by atoms with van der Waals surface area (Å²) in [5.74, 6) is 0.241. The van der Waals surface area contributed by atoms with Crippen LogP contribution in [0.15, 0.2) is 12.7 Å². The predicted molar refractivity (Wildman–Crippen MR) is 86.9 cm³/mol. The number of hydrogen-bond donors (Lipinski definition) is 2. The zero-order valence-corrected chi connectivity index (χ0v) is 14.9. The topological polar surface area (TPSA) is 144 Å². The molecule has 11 nitrogen and oxygen atoms in total. The second-order valence-electron chi connectivity index (χ2n) is 5.68. The lowest BCUT2D eigenvalue weighted by molar-refractivity contribution is -0.0629. The summed E-state index contributed by atoms with van der Waals surface area (Å²) in [5.41, 5.74) is 6.69. The molecule has 0 saturated carbocycles. The maximum absolute atomic E-state index is 11.8. The Morgan fingerprint density at radius 1 is 1.36 bits per heavy atom. The number of fused-ring (bicyclic) bond motifs is 1. The van der Waals surface area contributed by atoms with Crippen molar-refractivity contribution >= 4 is 24.6 Å². The summed E-state index contributed by atoms with van der Waals surface area (Å²) in [6, 6.07) is 0. The van der Waals surface area contributed by atoms with E-state index < -0.39 is 32.1 Å². The van der Waals surface area contributed by atoms with Gasteiger partial charge in [0.25, 0.3) is 0 Å². The lowest BCUT2D eigenvalue weighted by atomic mass is 10.1. The van der Waals surface area contributed by atoms with E-state index in [1.807, 2.05) is 0 Å². The molecule has 0 spiro atoms. The zero-order valence-electron chi connectivity index (χ0n) is 14.0. The molecule has 0 radical (unpaired) electrons. The average molecular weight is 373 g/mol. The smallest absolute Gasteiger partial charge is 0.325 e. The fourth-order valence-corrected chi connectivity index (χ4v) is 3.60. The van der Waals surface area contributed by atoms with Gasteiger partial charge in [-0.05, 0) is 0 Å². The molecule has 1 fully saturated rings. The van der Waals surface area contributed by atoms with Crippen molar-refractivity contribution in [3.05, 3.63) is 12.7 Å². The van der Waals surface area contributed by atoms with Gasteiger partial charge < -0.3 is 24.8 Å². The Labute approximate surface area is 143 Å². The second-order valence-corrected chi connectivity index (χ2v) is 7.49. The highest BCUT2D eigenvalue weighted by atomic mass is 31.2. The van der Waals surface area contributed by atoms with Crippen LogP contribution in [-0.2, 0) is 23.3 Å². The quantitative estimate of drug-likeness (QED) is 0.672. The van der Waals surface area contributed by atoms with E-state index in [-0.39, 0.29) is 12.4 Å². The molecular formula is C13H20N5O6P. The monoisotopic (exact) mass is 373 g/mol. The van der Waals surface area contributed by atoms with E-state index >= 15 is 0 Å². The van der Waals surface area contributed by atoms with E-state index in [9.17, 15) is 9.46 Å². The highest BCUT2D eigenvalue weighted by molar-refractivity contribution is 7.51. The maximum Gasteiger partial charge on any atom is 0.325 e. The third-order valence-electron chi connectivity index (χ3n) is 3.87. The first-order valence-electron chi connectivity index (χ1n) is 7.44. The lowest BCUT2D eigenvalue weighted by Gasteiger charge is -2.24.